The third-order valence-electron chi connectivity index (χ3n) is 4.97. The Kier molecular flexibility index (Phi) is 5.55. The molecule has 2 aliphatic rings. The molecule has 1 fully saturated rings. The van der Waals surface area contributed by atoms with Crippen LogP contribution in [-0.2, 0) is 17.8 Å². The van der Waals surface area contributed by atoms with Crippen molar-refractivity contribution in [3.63, 3.8) is 0 Å². The standard InChI is InChI=1S/C19H28N2O2/c1-16(22)21-12-8-17-6-7-19(14-18(17)15-21)23-13-5-11-20-9-3-2-4-10-20/h6-7,14H,2-5,8-13,15H2,1H3. The van der Waals surface area contributed by atoms with Gasteiger partial charge in [-0.05, 0) is 62.0 Å². The zero-order valence-corrected chi connectivity index (χ0v) is 14.2. The lowest BCUT2D eigenvalue weighted by Gasteiger charge is -2.28. The molecular formula is C19H28N2O2. The fraction of sp³-hybridized carbons (Fsp3) is 0.632. The molecule has 0 aliphatic carbocycles. The highest BCUT2D eigenvalue weighted by Gasteiger charge is 2.18. The molecule has 0 radical (unpaired) electrons. The van der Waals surface area contributed by atoms with Crippen LogP contribution >= 0.6 is 0 Å². The molecule has 0 N–H and O–H groups in total. The molecule has 23 heavy (non-hydrogen) atoms. The molecule has 0 atom stereocenters. The summed E-state index contributed by atoms with van der Waals surface area (Å²) in [6, 6.07) is 6.35. The molecule has 4 nitrogen and oxygen atoms in total. The summed E-state index contributed by atoms with van der Waals surface area (Å²) >= 11 is 0. The molecule has 2 heterocycles. The molecule has 0 saturated carbocycles. The van der Waals surface area contributed by atoms with Gasteiger partial charge >= 0.3 is 0 Å². The number of nitrogens with zero attached hydrogens (tertiary/aromatic N) is 2. The van der Waals surface area contributed by atoms with E-state index in [9.17, 15) is 4.79 Å². The van der Waals surface area contributed by atoms with Crippen molar-refractivity contribution in [2.45, 2.75) is 45.6 Å². The van der Waals surface area contributed by atoms with Gasteiger partial charge in [-0.3, -0.25) is 4.79 Å². The summed E-state index contributed by atoms with van der Waals surface area (Å²) in [6.07, 6.45) is 6.11. The first kappa shape index (κ1) is 16.3. The SMILES string of the molecule is CC(=O)N1CCc2ccc(OCCCN3CCCCC3)cc2C1. The molecule has 1 amide bonds. The molecule has 1 saturated heterocycles. The Morgan fingerprint density at radius 3 is 2.74 bits per heavy atom. The summed E-state index contributed by atoms with van der Waals surface area (Å²) in [4.78, 5) is 16.0. The van der Waals surface area contributed by atoms with Crippen molar-refractivity contribution >= 4 is 5.91 Å². The highest BCUT2D eigenvalue weighted by atomic mass is 16.5. The van der Waals surface area contributed by atoms with E-state index < -0.39 is 0 Å². The first-order valence-corrected chi connectivity index (χ1v) is 8.95. The highest BCUT2D eigenvalue weighted by molar-refractivity contribution is 5.73. The van der Waals surface area contributed by atoms with Crippen LogP contribution in [-0.4, -0.2) is 48.5 Å². The van der Waals surface area contributed by atoms with Gasteiger partial charge in [-0.2, -0.15) is 0 Å². The van der Waals surface area contributed by atoms with E-state index in [0.29, 0.717) is 0 Å². The van der Waals surface area contributed by atoms with Crippen molar-refractivity contribution in [2.75, 3.05) is 32.8 Å². The van der Waals surface area contributed by atoms with Gasteiger partial charge in [0.2, 0.25) is 5.91 Å². The second-order valence-electron chi connectivity index (χ2n) is 6.73. The number of ether oxygens (including phenoxy) is 1. The van der Waals surface area contributed by atoms with Crippen molar-refractivity contribution in [3.8, 4) is 5.75 Å². The number of rotatable bonds is 5. The summed E-state index contributed by atoms with van der Waals surface area (Å²) in [5, 5.41) is 0. The molecule has 0 aromatic heterocycles. The number of likely N-dealkylation sites (tertiary alicyclic amines) is 1. The summed E-state index contributed by atoms with van der Waals surface area (Å²) in [6.45, 7) is 7.61. The van der Waals surface area contributed by atoms with Gasteiger partial charge in [0.1, 0.15) is 5.75 Å². The molecule has 0 spiro atoms. The molecule has 0 unspecified atom stereocenters. The second-order valence-corrected chi connectivity index (χ2v) is 6.73. The third-order valence-corrected chi connectivity index (χ3v) is 4.97. The van der Waals surface area contributed by atoms with Crippen LogP contribution in [0.2, 0.25) is 0 Å². The number of carbonyl (C=O) groups is 1. The third kappa shape index (κ3) is 4.47. The zero-order valence-electron chi connectivity index (χ0n) is 14.2. The van der Waals surface area contributed by atoms with E-state index in [1.54, 1.807) is 6.92 Å². The maximum Gasteiger partial charge on any atom is 0.219 e. The van der Waals surface area contributed by atoms with Crippen LogP contribution in [0.3, 0.4) is 0 Å². The van der Waals surface area contributed by atoms with E-state index in [2.05, 4.69) is 23.1 Å². The molecular weight excluding hydrogens is 288 g/mol. The van der Waals surface area contributed by atoms with Crippen molar-refractivity contribution in [1.29, 1.82) is 0 Å². The van der Waals surface area contributed by atoms with Crippen LogP contribution in [0.5, 0.6) is 5.75 Å². The molecule has 126 valence electrons. The molecule has 1 aromatic rings. The van der Waals surface area contributed by atoms with Crippen molar-refractivity contribution < 1.29 is 9.53 Å². The zero-order chi connectivity index (χ0) is 16.1. The van der Waals surface area contributed by atoms with Gasteiger partial charge in [0, 0.05) is 26.6 Å². The molecule has 3 rings (SSSR count). The van der Waals surface area contributed by atoms with Crippen LogP contribution in [0.4, 0.5) is 0 Å². The highest BCUT2D eigenvalue weighted by Crippen LogP contribution is 2.24. The number of benzene rings is 1. The predicted molar refractivity (Wildman–Crippen MR) is 91.6 cm³/mol. The number of amides is 1. The van der Waals surface area contributed by atoms with Crippen molar-refractivity contribution in [1.82, 2.24) is 9.80 Å². The smallest absolute Gasteiger partial charge is 0.219 e. The summed E-state index contributed by atoms with van der Waals surface area (Å²) in [5.41, 5.74) is 2.59. The topological polar surface area (TPSA) is 32.8 Å². The Morgan fingerprint density at radius 2 is 1.96 bits per heavy atom. The average molecular weight is 316 g/mol. The lowest BCUT2D eigenvalue weighted by Crippen LogP contribution is -2.34. The monoisotopic (exact) mass is 316 g/mol. The van der Waals surface area contributed by atoms with Crippen molar-refractivity contribution in [3.05, 3.63) is 29.3 Å². The Morgan fingerprint density at radius 1 is 1.13 bits per heavy atom. The predicted octanol–water partition coefficient (Wildman–Crippen LogP) is 2.85. The normalized spacial score (nSPS) is 18.6. The van der Waals surface area contributed by atoms with E-state index in [-0.39, 0.29) is 5.91 Å². The number of carbonyl (C=O) groups excluding carboxylic acids is 1. The largest absolute Gasteiger partial charge is 0.494 e. The van der Waals surface area contributed by atoms with Gasteiger partial charge in [-0.25, -0.2) is 0 Å². The van der Waals surface area contributed by atoms with Crippen LogP contribution in [0, 0.1) is 0 Å². The Hall–Kier alpha value is -1.55. The van der Waals surface area contributed by atoms with E-state index >= 15 is 0 Å². The van der Waals surface area contributed by atoms with E-state index in [0.717, 1.165) is 44.8 Å². The van der Waals surface area contributed by atoms with E-state index in [1.807, 2.05) is 4.90 Å². The second kappa shape index (κ2) is 7.82. The minimum Gasteiger partial charge on any atom is -0.494 e. The molecule has 4 heteroatoms. The maximum absolute atomic E-state index is 11.5. The molecule has 0 bridgehead atoms. The van der Waals surface area contributed by atoms with Crippen LogP contribution in [0.15, 0.2) is 18.2 Å². The molecule has 2 aliphatic heterocycles. The van der Waals surface area contributed by atoms with Crippen molar-refractivity contribution in [2.24, 2.45) is 0 Å². The van der Waals surface area contributed by atoms with Gasteiger partial charge < -0.3 is 14.5 Å². The number of piperidine rings is 1. The minimum atomic E-state index is 0.156. The summed E-state index contributed by atoms with van der Waals surface area (Å²) < 4.78 is 5.93. The van der Waals surface area contributed by atoms with Gasteiger partial charge in [-0.15, -0.1) is 0 Å². The Bertz CT molecular complexity index is 538. The summed E-state index contributed by atoms with van der Waals surface area (Å²) in [5.74, 6) is 1.09. The number of hydrogen-bond acceptors (Lipinski definition) is 3. The lowest BCUT2D eigenvalue weighted by atomic mass is 9.99. The fourth-order valence-corrected chi connectivity index (χ4v) is 3.55. The van der Waals surface area contributed by atoms with Crippen LogP contribution in [0.1, 0.15) is 43.7 Å². The Labute approximate surface area is 139 Å². The quantitative estimate of drug-likeness (QED) is 0.783. The first-order chi connectivity index (χ1) is 11.2. The van der Waals surface area contributed by atoms with Gasteiger partial charge in [0.25, 0.3) is 0 Å². The number of fused-ring (bicyclic) bond motifs is 1. The van der Waals surface area contributed by atoms with Gasteiger partial charge in [0.15, 0.2) is 0 Å². The van der Waals surface area contributed by atoms with Crippen LogP contribution < -0.4 is 4.74 Å². The van der Waals surface area contributed by atoms with E-state index in [1.165, 1.54) is 43.5 Å². The fourth-order valence-electron chi connectivity index (χ4n) is 3.55. The Balaban J connectivity index is 1.47. The minimum absolute atomic E-state index is 0.156. The number of hydrogen-bond donors (Lipinski definition) is 0. The molecule has 1 aromatic carbocycles. The van der Waals surface area contributed by atoms with E-state index in [4.69, 9.17) is 4.74 Å². The van der Waals surface area contributed by atoms with Crippen LogP contribution in [0.25, 0.3) is 0 Å². The first-order valence-electron chi connectivity index (χ1n) is 8.95. The van der Waals surface area contributed by atoms with Gasteiger partial charge in [-0.1, -0.05) is 12.5 Å². The summed E-state index contributed by atoms with van der Waals surface area (Å²) in [7, 11) is 0. The average Bonchev–Trinajstić information content (AvgIpc) is 2.59. The van der Waals surface area contributed by atoms with Gasteiger partial charge in [0.05, 0.1) is 6.61 Å². The maximum atomic E-state index is 11.5. The lowest BCUT2D eigenvalue weighted by molar-refractivity contribution is -0.129.